The third kappa shape index (κ3) is 3.28. The standard InChI is InChI=1S/C18H18F2N2O2/c1-12-3-2-4-16(21-12)17(23)22-18(7-9-24-10-8-18)14-6-5-13(19)11-15(14)20/h2-6,11H,7-10H2,1H3,(H,22,23). The second-order valence-electron chi connectivity index (χ2n) is 5.94. The van der Waals surface area contributed by atoms with Crippen molar-refractivity contribution in [2.45, 2.75) is 25.3 Å². The number of nitrogens with one attached hydrogen (secondary N) is 1. The Morgan fingerprint density at radius 1 is 1.21 bits per heavy atom. The maximum Gasteiger partial charge on any atom is 0.270 e. The Kier molecular flexibility index (Phi) is 4.57. The van der Waals surface area contributed by atoms with Gasteiger partial charge in [-0.15, -0.1) is 0 Å². The maximum atomic E-state index is 14.3. The number of carbonyl (C=O) groups is 1. The molecular weight excluding hydrogens is 314 g/mol. The van der Waals surface area contributed by atoms with Crippen LogP contribution in [-0.4, -0.2) is 24.1 Å². The molecule has 1 aliphatic rings. The summed E-state index contributed by atoms with van der Waals surface area (Å²) in [7, 11) is 0. The van der Waals surface area contributed by atoms with Crippen LogP contribution in [0.3, 0.4) is 0 Å². The topological polar surface area (TPSA) is 51.2 Å². The molecule has 1 N–H and O–H groups in total. The molecule has 3 rings (SSSR count). The fourth-order valence-corrected chi connectivity index (χ4v) is 3.01. The fraction of sp³-hybridized carbons (Fsp3) is 0.333. The summed E-state index contributed by atoms with van der Waals surface area (Å²) < 4.78 is 33.0. The van der Waals surface area contributed by atoms with Crippen LogP contribution in [0.4, 0.5) is 8.78 Å². The van der Waals surface area contributed by atoms with E-state index in [-0.39, 0.29) is 17.2 Å². The molecule has 1 saturated heterocycles. The van der Waals surface area contributed by atoms with Crippen molar-refractivity contribution in [3.63, 3.8) is 0 Å². The van der Waals surface area contributed by atoms with E-state index in [1.165, 1.54) is 12.1 Å². The summed E-state index contributed by atoms with van der Waals surface area (Å²) in [6.45, 7) is 2.57. The van der Waals surface area contributed by atoms with Crippen LogP contribution >= 0.6 is 0 Å². The van der Waals surface area contributed by atoms with Gasteiger partial charge in [0.1, 0.15) is 17.3 Å². The summed E-state index contributed by atoms with van der Waals surface area (Å²) in [6.07, 6.45) is 0.820. The Bertz CT molecular complexity index is 758. The van der Waals surface area contributed by atoms with E-state index < -0.39 is 17.2 Å². The molecule has 1 aromatic carbocycles. The molecule has 126 valence electrons. The zero-order valence-electron chi connectivity index (χ0n) is 13.3. The van der Waals surface area contributed by atoms with E-state index >= 15 is 0 Å². The first-order valence-corrected chi connectivity index (χ1v) is 7.80. The van der Waals surface area contributed by atoms with Gasteiger partial charge in [0.15, 0.2) is 0 Å². The molecule has 0 saturated carbocycles. The smallest absolute Gasteiger partial charge is 0.270 e. The van der Waals surface area contributed by atoms with E-state index in [4.69, 9.17) is 4.74 Å². The number of halogens is 2. The second kappa shape index (κ2) is 6.65. The molecule has 0 aliphatic carbocycles. The Balaban J connectivity index is 1.95. The summed E-state index contributed by atoms with van der Waals surface area (Å²) in [6, 6.07) is 8.57. The summed E-state index contributed by atoms with van der Waals surface area (Å²) in [5, 5.41) is 2.91. The van der Waals surface area contributed by atoms with Crippen molar-refractivity contribution in [3.05, 3.63) is 65.0 Å². The first-order valence-electron chi connectivity index (χ1n) is 7.80. The third-order valence-electron chi connectivity index (χ3n) is 4.27. The molecule has 0 bridgehead atoms. The molecule has 2 aromatic rings. The molecule has 1 aliphatic heterocycles. The third-order valence-corrected chi connectivity index (χ3v) is 4.27. The van der Waals surface area contributed by atoms with Gasteiger partial charge < -0.3 is 10.1 Å². The van der Waals surface area contributed by atoms with Gasteiger partial charge in [0.25, 0.3) is 5.91 Å². The van der Waals surface area contributed by atoms with Gasteiger partial charge in [-0.05, 0) is 38.0 Å². The van der Waals surface area contributed by atoms with Crippen LogP contribution in [-0.2, 0) is 10.3 Å². The highest BCUT2D eigenvalue weighted by Crippen LogP contribution is 2.34. The Morgan fingerprint density at radius 2 is 1.96 bits per heavy atom. The van der Waals surface area contributed by atoms with Crippen LogP contribution in [0.5, 0.6) is 0 Å². The molecule has 0 spiro atoms. The lowest BCUT2D eigenvalue weighted by molar-refractivity contribution is 0.0331. The molecule has 6 heteroatoms. The van der Waals surface area contributed by atoms with E-state index in [0.29, 0.717) is 26.1 Å². The SMILES string of the molecule is Cc1cccc(C(=O)NC2(c3ccc(F)cc3F)CCOCC2)n1. The van der Waals surface area contributed by atoms with E-state index in [1.807, 2.05) is 0 Å². The molecule has 0 radical (unpaired) electrons. The molecule has 4 nitrogen and oxygen atoms in total. The molecule has 2 heterocycles. The number of amides is 1. The normalized spacial score (nSPS) is 16.6. The number of hydrogen-bond donors (Lipinski definition) is 1. The minimum atomic E-state index is -0.932. The van der Waals surface area contributed by atoms with Gasteiger partial charge >= 0.3 is 0 Å². The van der Waals surface area contributed by atoms with Crippen molar-refractivity contribution >= 4 is 5.91 Å². The Hall–Kier alpha value is -2.34. The molecule has 1 amide bonds. The average molecular weight is 332 g/mol. The van der Waals surface area contributed by atoms with Crippen LogP contribution < -0.4 is 5.32 Å². The van der Waals surface area contributed by atoms with Crippen molar-refractivity contribution < 1.29 is 18.3 Å². The van der Waals surface area contributed by atoms with Gasteiger partial charge in [-0.3, -0.25) is 4.79 Å². The number of benzene rings is 1. The summed E-state index contributed by atoms with van der Waals surface area (Å²) in [5.41, 5.74) is 0.326. The van der Waals surface area contributed by atoms with Gasteiger partial charge in [-0.25, -0.2) is 13.8 Å². The molecule has 24 heavy (non-hydrogen) atoms. The van der Waals surface area contributed by atoms with Crippen molar-refractivity contribution in [1.29, 1.82) is 0 Å². The number of rotatable bonds is 3. The van der Waals surface area contributed by atoms with Crippen molar-refractivity contribution in [2.24, 2.45) is 0 Å². The quantitative estimate of drug-likeness (QED) is 0.940. The number of ether oxygens (including phenoxy) is 1. The number of aryl methyl sites for hydroxylation is 1. The predicted molar refractivity (Wildman–Crippen MR) is 84.5 cm³/mol. The summed E-state index contributed by atoms with van der Waals surface area (Å²) >= 11 is 0. The zero-order chi connectivity index (χ0) is 17.2. The van der Waals surface area contributed by atoms with Gasteiger partial charge in [-0.1, -0.05) is 12.1 Å². The predicted octanol–water partition coefficient (Wildman–Crippen LogP) is 3.10. The lowest BCUT2D eigenvalue weighted by Gasteiger charge is -2.38. The number of hydrogen-bond acceptors (Lipinski definition) is 3. The van der Waals surface area contributed by atoms with E-state index in [2.05, 4.69) is 10.3 Å². The van der Waals surface area contributed by atoms with Gasteiger partial charge in [0.2, 0.25) is 0 Å². The highest BCUT2D eigenvalue weighted by Gasteiger charge is 2.38. The van der Waals surface area contributed by atoms with E-state index in [0.717, 1.165) is 11.8 Å². The zero-order valence-corrected chi connectivity index (χ0v) is 13.3. The summed E-state index contributed by atoms with van der Waals surface area (Å²) in [4.78, 5) is 16.8. The molecule has 0 atom stereocenters. The van der Waals surface area contributed by atoms with E-state index in [9.17, 15) is 13.6 Å². The maximum absolute atomic E-state index is 14.3. The van der Waals surface area contributed by atoms with Crippen molar-refractivity contribution in [1.82, 2.24) is 10.3 Å². The van der Waals surface area contributed by atoms with Crippen molar-refractivity contribution in [2.75, 3.05) is 13.2 Å². The first kappa shape index (κ1) is 16.5. The fourth-order valence-electron chi connectivity index (χ4n) is 3.01. The molecule has 1 fully saturated rings. The largest absolute Gasteiger partial charge is 0.381 e. The van der Waals surface area contributed by atoms with Crippen LogP contribution in [0.15, 0.2) is 36.4 Å². The van der Waals surface area contributed by atoms with Crippen molar-refractivity contribution in [3.8, 4) is 0 Å². The van der Waals surface area contributed by atoms with Crippen LogP contribution in [0.1, 0.15) is 34.6 Å². The Morgan fingerprint density at radius 3 is 2.62 bits per heavy atom. The Labute approximate surface area is 138 Å². The van der Waals surface area contributed by atoms with Gasteiger partial charge in [0.05, 0.1) is 5.54 Å². The summed E-state index contributed by atoms with van der Waals surface area (Å²) in [5.74, 6) is -1.70. The van der Waals surface area contributed by atoms with Crippen LogP contribution in [0, 0.1) is 18.6 Å². The minimum Gasteiger partial charge on any atom is -0.381 e. The van der Waals surface area contributed by atoms with Crippen LogP contribution in [0.2, 0.25) is 0 Å². The number of carbonyl (C=O) groups excluding carboxylic acids is 1. The molecule has 0 unspecified atom stereocenters. The first-order chi connectivity index (χ1) is 11.5. The minimum absolute atomic E-state index is 0.267. The number of aromatic nitrogens is 1. The number of pyridine rings is 1. The van der Waals surface area contributed by atoms with Crippen LogP contribution in [0.25, 0.3) is 0 Å². The molecule has 1 aromatic heterocycles. The highest BCUT2D eigenvalue weighted by atomic mass is 19.1. The monoisotopic (exact) mass is 332 g/mol. The molecular formula is C18H18F2N2O2. The average Bonchev–Trinajstić information content (AvgIpc) is 2.55. The second-order valence-corrected chi connectivity index (χ2v) is 5.94. The van der Waals surface area contributed by atoms with Gasteiger partial charge in [0, 0.05) is 30.5 Å². The lowest BCUT2D eigenvalue weighted by atomic mass is 9.82. The van der Waals surface area contributed by atoms with E-state index in [1.54, 1.807) is 25.1 Å². The lowest BCUT2D eigenvalue weighted by Crippen LogP contribution is -2.50. The van der Waals surface area contributed by atoms with Gasteiger partial charge in [-0.2, -0.15) is 0 Å². The highest BCUT2D eigenvalue weighted by molar-refractivity contribution is 5.93. The number of nitrogens with zero attached hydrogens (tertiary/aromatic N) is 1.